The fourth-order valence-corrected chi connectivity index (χ4v) is 5.73. The Morgan fingerprint density at radius 2 is 1.83 bits per heavy atom. The van der Waals surface area contributed by atoms with Gasteiger partial charge in [-0.2, -0.15) is 0 Å². The van der Waals surface area contributed by atoms with Gasteiger partial charge < -0.3 is 19.4 Å². The zero-order valence-electron chi connectivity index (χ0n) is 20.4. The second-order valence-corrected chi connectivity index (χ2v) is 11.5. The molecule has 1 aliphatic heterocycles. The number of halogens is 1. The van der Waals surface area contributed by atoms with Crippen molar-refractivity contribution in [2.24, 2.45) is 7.05 Å². The molecule has 0 bridgehead atoms. The first-order valence-corrected chi connectivity index (χ1v) is 13.7. The summed E-state index contributed by atoms with van der Waals surface area (Å²) in [6.07, 6.45) is 0.820. The van der Waals surface area contributed by atoms with Gasteiger partial charge >= 0.3 is 5.97 Å². The Morgan fingerprint density at radius 1 is 1.17 bits per heavy atom. The molecule has 2 heterocycles. The largest absolute Gasteiger partial charge is 0.461 e. The van der Waals surface area contributed by atoms with E-state index in [-0.39, 0.29) is 22.9 Å². The molecule has 1 atom stereocenters. The van der Waals surface area contributed by atoms with Crippen molar-refractivity contribution in [1.82, 2.24) is 9.88 Å². The summed E-state index contributed by atoms with van der Waals surface area (Å²) in [5, 5.41) is 4.33. The number of sulfone groups is 1. The summed E-state index contributed by atoms with van der Waals surface area (Å²) in [6, 6.07) is 11.3. The van der Waals surface area contributed by atoms with E-state index in [0.717, 1.165) is 22.0 Å². The second kappa shape index (κ2) is 10.6. The van der Waals surface area contributed by atoms with Crippen molar-refractivity contribution in [3.8, 4) is 0 Å². The van der Waals surface area contributed by atoms with Crippen LogP contribution in [0.4, 0.5) is 0 Å². The normalized spacial score (nSPS) is 15.6. The van der Waals surface area contributed by atoms with Gasteiger partial charge in [0.1, 0.15) is 11.8 Å². The molecule has 10 heteroatoms. The Labute approximate surface area is 215 Å². The van der Waals surface area contributed by atoms with Gasteiger partial charge in [-0.1, -0.05) is 23.7 Å². The van der Waals surface area contributed by atoms with Crippen LogP contribution < -0.4 is 5.32 Å². The first-order valence-electron chi connectivity index (χ1n) is 11.7. The van der Waals surface area contributed by atoms with Gasteiger partial charge in [-0.3, -0.25) is 9.59 Å². The highest BCUT2D eigenvalue weighted by atomic mass is 35.5. The number of aromatic nitrogens is 1. The van der Waals surface area contributed by atoms with Gasteiger partial charge in [0.25, 0.3) is 5.91 Å². The van der Waals surface area contributed by atoms with Crippen LogP contribution in [0, 0.1) is 6.92 Å². The molecule has 0 saturated carbocycles. The van der Waals surface area contributed by atoms with E-state index >= 15 is 0 Å². The molecule has 1 amide bonds. The first kappa shape index (κ1) is 26.2. The van der Waals surface area contributed by atoms with Gasteiger partial charge in [-0.25, -0.2) is 8.42 Å². The Kier molecular flexibility index (Phi) is 7.73. The number of amides is 1. The predicted molar refractivity (Wildman–Crippen MR) is 137 cm³/mol. The molecule has 1 aromatic heterocycles. The molecule has 0 radical (unpaired) electrons. The average Bonchev–Trinajstić information content (AvgIpc) is 3.16. The number of carbonyl (C=O) groups is 2. The van der Waals surface area contributed by atoms with E-state index < -0.39 is 21.6 Å². The molecular formula is C26H29ClN2O6S. The van der Waals surface area contributed by atoms with Gasteiger partial charge in [0.15, 0.2) is 15.6 Å². The predicted octanol–water partition coefficient (Wildman–Crippen LogP) is 4.13. The molecule has 1 fully saturated rings. The van der Waals surface area contributed by atoms with Gasteiger partial charge in [-0.05, 0) is 55.3 Å². The molecule has 3 aromatic rings. The van der Waals surface area contributed by atoms with Crippen molar-refractivity contribution in [2.75, 3.05) is 19.0 Å². The lowest BCUT2D eigenvalue weighted by molar-refractivity contribution is -0.149. The second-order valence-electron chi connectivity index (χ2n) is 9.09. The fraction of sp³-hybridized carbons (Fsp3) is 0.385. The third-order valence-corrected chi connectivity index (χ3v) is 8.27. The molecule has 0 aliphatic carbocycles. The molecule has 1 saturated heterocycles. The summed E-state index contributed by atoms with van der Waals surface area (Å²) in [4.78, 5) is 25.2. The fourth-order valence-electron chi connectivity index (χ4n) is 4.31. The molecule has 0 unspecified atom stereocenters. The van der Waals surface area contributed by atoms with Crippen molar-refractivity contribution >= 4 is 44.2 Å². The number of carbonyl (C=O) groups excluding carboxylic acids is 2. The standard InChI is InChI=1S/C26H29ClN2O6S/c1-16-12-22(27)21-14-24(29(3)23(21)13-16)26(31)28-17(2)18-4-6-20(7-5-18)36(32,33)15-25(30)35-19-8-10-34-11-9-19/h4-7,12-14,17,19H,8-11,15H2,1-3H3,(H,28,31)/t17-/m1/s1. The van der Waals surface area contributed by atoms with Crippen molar-refractivity contribution in [1.29, 1.82) is 0 Å². The number of hydrogen-bond donors (Lipinski definition) is 1. The quantitative estimate of drug-likeness (QED) is 0.459. The van der Waals surface area contributed by atoms with E-state index in [4.69, 9.17) is 21.1 Å². The topological polar surface area (TPSA) is 104 Å². The van der Waals surface area contributed by atoms with E-state index in [2.05, 4.69) is 5.32 Å². The smallest absolute Gasteiger partial charge is 0.321 e. The molecule has 0 spiro atoms. The summed E-state index contributed by atoms with van der Waals surface area (Å²) in [7, 11) is -2.05. The maximum Gasteiger partial charge on any atom is 0.321 e. The minimum absolute atomic E-state index is 0.0207. The Bertz CT molecular complexity index is 1390. The lowest BCUT2D eigenvalue weighted by Crippen LogP contribution is -2.29. The monoisotopic (exact) mass is 532 g/mol. The van der Waals surface area contributed by atoms with Crippen LogP contribution in [-0.4, -0.2) is 49.9 Å². The SMILES string of the molecule is Cc1cc(Cl)c2cc(C(=O)N[C@H](C)c3ccc(S(=O)(=O)CC(=O)OC4CCOCC4)cc3)n(C)c2c1. The molecular weight excluding hydrogens is 504 g/mol. The summed E-state index contributed by atoms with van der Waals surface area (Å²) in [5.41, 5.74) is 3.05. The van der Waals surface area contributed by atoms with Crippen LogP contribution in [0.25, 0.3) is 10.9 Å². The molecule has 36 heavy (non-hydrogen) atoms. The lowest BCUT2D eigenvalue weighted by atomic mass is 10.1. The molecule has 4 rings (SSSR count). The van der Waals surface area contributed by atoms with Crippen LogP contribution in [0.2, 0.25) is 5.02 Å². The van der Waals surface area contributed by atoms with E-state index in [1.807, 2.05) is 33.0 Å². The lowest BCUT2D eigenvalue weighted by Gasteiger charge is -2.22. The van der Waals surface area contributed by atoms with E-state index in [1.54, 1.807) is 22.8 Å². The Balaban J connectivity index is 1.41. The number of ether oxygens (including phenoxy) is 2. The van der Waals surface area contributed by atoms with Crippen LogP contribution in [0.3, 0.4) is 0 Å². The van der Waals surface area contributed by atoms with Crippen molar-refractivity contribution in [3.63, 3.8) is 0 Å². The van der Waals surface area contributed by atoms with E-state index in [1.165, 1.54) is 12.1 Å². The van der Waals surface area contributed by atoms with Gasteiger partial charge in [-0.15, -0.1) is 0 Å². The molecule has 2 aromatic carbocycles. The average molecular weight is 533 g/mol. The zero-order valence-corrected chi connectivity index (χ0v) is 22.0. The zero-order chi connectivity index (χ0) is 26.0. The Morgan fingerprint density at radius 3 is 2.50 bits per heavy atom. The van der Waals surface area contributed by atoms with Crippen LogP contribution >= 0.6 is 11.6 Å². The minimum atomic E-state index is -3.86. The van der Waals surface area contributed by atoms with Crippen LogP contribution in [0.1, 0.15) is 47.4 Å². The number of nitrogens with zero attached hydrogens (tertiary/aromatic N) is 1. The number of esters is 1. The highest BCUT2D eigenvalue weighted by molar-refractivity contribution is 7.92. The number of benzene rings is 2. The molecule has 1 N–H and O–H groups in total. The highest BCUT2D eigenvalue weighted by Crippen LogP contribution is 2.28. The highest BCUT2D eigenvalue weighted by Gasteiger charge is 2.25. The van der Waals surface area contributed by atoms with Crippen molar-refractivity contribution in [2.45, 2.75) is 43.7 Å². The number of fused-ring (bicyclic) bond motifs is 1. The minimum Gasteiger partial charge on any atom is -0.461 e. The number of aryl methyl sites for hydroxylation is 2. The van der Waals surface area contributed by atoms with Gasteiger partial charge in [0.05, 0.1) is 34.7 Å². The van der Waals surface area contributed by atoms with E-state index in [9.17, 15) is 18.0 Å². The summed E-state index contributed by atoms with van der Waals surface area (Å²) >= 11 is 6.36. The van der Waals surface area contributed by atoms with Crippen molar-refractivity contribution < 1.29 is 27.5 Å². The summed E-state index contributed by atoms with van der Waals surface area (Å²) < 4.78 is 37.7. The maximum atomic E-state index is 13.0. The molecule has 8 nitrogen and oxygen atoms in total. The van der Waals surface area contributed by atoms with E-state index in [0.29, 0.717) is 36.8 Å². The third kappa shape index (κ3) is 5.74. The van der Waals surface area contributed by atoms with Crippen LogP contribution in [0.15, 0.2) is 47.4 Å². The third-order valence-electron chi connectivity index (χ3n) is 6.35. The summed E-state index contributed by atoms with van der Waals surface area (Å²) in [5.74, 6) is -1.77. The van der Waals surface area contributed by atoms with Crippen LogP contribution in [-0.2, 0) is 31.2 Å². The van der Waals surface area contributed by atoms with Crippen molar-refractivity contribution in [3.05, 3.63) is 64.3 Å². The van der Waals surface area contributed by atoms with Gasteiger partial charge in [0.2, 0.25) is 0 Å². The molecule has 1 aliphatic rings. The molecule has 192 valence electrons. The summed E-state index contributed by atoms with van der Waals surface area (Å²) in [6.45, 7) is 4.75. The first-order chi connectivity index (χ1) is 17.0. The Hall–Kier alpha value is -2.88. The number of nitrogens with one attached hydrogen (secondary N) is 1. The van der Waals surface area contributed by atoms with Crippen LogP contribution in [0.5, 0.6) is 0 Å². The van der Waals surface area contributed by atoms with Gasteiger partial charge in [0, 0.05) is 25.3 Å². The maximum absolute atomic E-state index is 13.0. The number of rotatable bonds is 7. The number of hydrogen-bond acceptors (Lipinski definition) is 6.